The minimum Gasteiger partial charge on any atom is -0.496 e. The van der Waals surface area contributed by atoms with Crippen LogP contribution in [0.4, 0.5) is 0 Å². The summed E-state index contributed by atoms with van der Waals surface area (Å²) in [6, 6.07) is 4.48. The quantitative estimate of drug-likeness (QED) is 0.855. The molecule has 1 unspecified atom stereocenters. The third-order valence-electron chi connectivity index (χ3n) is 3.86. The van der Waals surface area contributed by atoms with Gasteiger partial charge < -0.3 is 19.5 Å². The lowest BCUT2D eigenvalue weighted by atomic mass is 10.1. The predicted molar refractivity (Wildman–Crippen MR) is 78.8 cm³/mol. The zero-order valence-corrected chi connectivity index (χ0v) is 12.7. The van der Waals surface area contributed by atoms with Crippen molar-refractivity contribution in [2.75, 3.05) is 41.5 Å². The Hall–Kier alpha value is -1.46. The van der Waals surface area contributed by atoms with E-state index < -0.39 is 0 Å². The summed E-state index contributed by atoms with van der Waals surface area (Å²) in [6.07, 6.45) is 1.19. The number of hydrogen-bond acceptors (Lipinski definition) is 5. The second-order valence-electron chi connectivity index (χ2n) is 5.03. The van der Waals surface area contributed by atoms with E-state index in [1.54, 1.807) is 21.3 Å². The van der Waals surface area contributed by atoms with Gasteiger partial charge in [-0.3, -0.25) is 4.90 Å². The summed E-state index contributed by atoms with van der Waals surface area (Å²) in [7, 11) is 6.99. The van der Waals surface area contributed by atoms with Crippen molar-refractivity contribution in [3.8, 4) is 17.2 Å². The van der Waals surface area contributed by atoms with Crippen LogP contribution in [0.1, 0.15) is 12.0 Å². The average molecular weight is 280 g/mol. The molecule has 20 heavy (non-hydrogen) atoms. The third-order valence-corrected chi connectivity index (χ3v) is 3.86. The number of likely N-dealkylation sites (tertiary alicyclic amines) is 1. The molecule has 2 rings (SSSR count). The van der Waals surface area contributed by atoms with E-state index in [0.717, 1.165) is 36.7 Å². The zero-order valence-electron chi connectivity index (χ0n) is 12.7. The van der Waals surface area contributed by atoms with E-state index in [9.17, 15) is 0 Å². The molecule has 0 spiro atoms. The van der Waals surface area contributed by atoms with Gasteiger partial charge in [0.25, 0.3) is 0 Å². The topological polar surface area (TPSA) is 43.0 Å². The van der Waals surface area contributed by atoms with E-state index in [2.05, 4.69) is 10.2 Å². The van der Waals surface area contributed by atoms with Crippen LogP contribution in [0.2, 0.25) is 0 Å². The Morgan fingerprint density at radius 3 is 2.30 bits per heavy atom. The Morgan fingerprint density at radius 2 is 1.75 bits per heavy atom. The van der Waals surface area contributed by atoms with E-state index in [1.165, 1.54) is 6.42 Å². The Bertz CT molecular complexity index is 451. The molecule has 1 fully saturated rings. The number of ether oxygens (including phenoxy) is 3. The molecule has 1 aliphatic rings. The summed E-state index contributed by atoms with van der Waals surface area (Å²) in [4.78, 5) is 2.42. The molecule has 1 aliphatic heterocycles. The smallest absolute Gasteiger partial charge is 0.164 e. The molecule has 1 aromatic carbocycles. The number of likely N-dealkylation sites (N-methyl/N-ethyl adjacent to an activating group) is 1. The van der Waals surface area contributed by atoms with Gasteiger partial charge in [-0.15, -0.1) is 0 Å². The van der Waals surface area contributed by atoms with Crippen molar-refractivity contribution in [3.05, 3.63) is 17.7 Å². The highest BCUT2D eigenvalue weighted by Crippen LogP contribution is 2.35. The lowest BCUT2D eigenvalue weighted by molar-refractivity contribution is 0.308. The van der Waals surface area contributed by atoms with Crippen LogP contribution in [-0.2, 0) is 6.54 Å². The van der Waals surface area contributed by atoms with Crippen LogP contribution in [-0.4, -0.2) is 52.4 Å². The largest absolute Gasteiger partial charge is 0.496 e. The SMILES string of the molecule is CNC1CCN(Cc2cc(OC)c(OC)cc2OC)C1. The Kier molecular flexibility index (Phi) is 5.09. The molecular weight excluding hydrogens is 256 g/mol. The molecule has 1 atom stereocenters. The van der Waals surface area contributed by atoms with Crippen molar-refractivity contribution in [2.24, 2.45) is 0 Å². The highest BCUT2D eigenvalue weighted by Gasteiger charge is 2.22. The highest BCUT2D eigenvalue weighted by molar-refractivity contribution is 5.50. The number of rotatable bonds is 6. The van der Waals surface area contributed by atoms with Gasteiger partial charge in [-0.1, -0.05) is 0 Å². The van der Waals surface area contributed by atoms with Crippen molar-refractivity contribution < 1.29 is 14.2 Å². The summed E-state index contributed by atoms with van der Waals surface area (Å²) in [5.74, 6) is 2.28. The molecule has 1 saturated heterocycles. The molecule has 0 saturated carbocycles. The van der Waals surface area contributed by atoms with Crippen LogP contribution < -0.4 is 19.5 Å². The Morgan fingerprint density at radius 1 is 1.10 bits per heavy atom. The lowest BCUT2D eigenvalue weighted by Gasteiger charge is -2.19. The molecule has 1 N–H and O–H groups in total. The van der Waals surface area contributed by atoms with Gasteiger partial charge in [-0.05, 0) is 19.5 Å². The van der Waals surface area contributed by atoms with Crippen LogP contribution in [0.15, 0.2) is 12.1 Å². The van der Waals surface area contributed by atoms with Gasteiger partial charge in [0.1, 0.15) is 5.75 Å². The van der Waals surface area contributed by atoms with E-state index in [1.807, 2.05) is 19.2 Å². The first-order valence-corrected chi connectivity index (χ1v) is 6.90. The second kappa shape index (κ2) is 6.81. The van der Waals surface area contributed by atoms with Crippen LogP contribution in [0, 0.1) is 0 Å². The summed E-state index contributed by atoms with van der Waals surface area (Å²) < 4.78 is 16.2. The van der Waals surface area contributed by atoms with Crippen LogP contribution >= 0.6 is 0 Å². The van der Waals surface area contributed by atoms with Gasteiger partial charge in [0, 0.05) is 37.3 Å². The first-order chi connectivity index (χ1) is 9.71. The molecule has 1 heterocycles. The Balaban J connectivity index is 2.18. The maximum absolute atomic E-state index is 5.47. The number of hydrogen-bond donors (Lipinski definition) is 1. The molecule has 1 aromatic rings. The minimum absolute atomic E-state index is 0.584. The minimum atomic E-state index is 0.584. The number of benzene rings is 1. The standard InChI is InChI=1S/C15H24N2O3/c1-16-12-5-6-17(10-12)9-11-7-14(19-3)15(20-4)8-13(11)18-2/h7-8,12,16H,5-6,9-10H2,1-4H3. The van der Waals surface area contributed by atoms with Gasteiger partial charge in [0.2, 0.25) is 0 Å². The molecule has 5 nitrogen and oxygen atoms in total. The van der Waals surface area contributed by atoms with Crippen LogP contribution in [0.5, 0.6) is 17.2 Å². The summed E-state index contributed by atoms with van der Waals surface area (Å²) in [5, 5.41) is 3.33. The molecule has 5 heteroatoms. The third kappa shape index (κ3) is 3.16. The molecule has 0 radical (unpaired) electrons. The maximum Gasteiger partial charge on any atom is 0.164 e. The van der Waals surface area contributed by atoms with Gasteiger partial charge in [0.15, 0.2) is 11.5 Å². The predicted octanol–water partition coefficient (Wildman–Crippen LogP) is 1.51. The monoisotopic (exact) mass is 280 g/mol. The van der Waals surface area contributed by atoms with Gasteiger partial charge >= 0.3 is 0 Å². The summed E-state index contributed by atoms with van der Waals surface area (Å²) in [5.41, 5.74) is 1.13. The fourth-order valence-electron chi connectivity index (χ4n) is 2.67. The van der Waals surface area contributed by atoms with Crippen LogP contribution in [0.3, 0.4) is 0 Å². The number of nitrogens with one attached hydrogen (secondary N) is 1. The normalized spacial score (nSPS) is 19.1. The molecular formula is C15H24N2O3. The van der Waals surface area contributed by atoms with E-state index >= 15 is 0 Å². The number of methoxy groups -OCH3 is 3. The van der Waals surface area contributed by atoms with Gasteiger partial charge in [-0.2, -0.15) is 0 Å². The fraction of sp³-hybridized carbons (Fsp3) is 0.600. The lowest BCUT2D eigenvalue weighted by Crippen LogP contribution is -2.29. The molecule has 0 aromatic heterocycles. The first-order valence-electron chi connectivity index (χ1n) is 6.90. The highest BCUT2D eigenvalue weighted by atomic mass is 16.5. The van der Waals surface area contributed by atoms with Gasteiger partial charge in [0.05, 0.1) is 21.3 Å². The average Bonchev–Trinajstić information content (AvgIpc) is 2.94. The summed E-state index contributed by atoms with van der Waals surface area (Å²) >= 11 is 0. The molecule has 0 amide bonds. The Labute approximate surface area is 120 Å². The maximum atomic E-state index is 5.47. The van der Waals surface area contributed by atoms with Crippen molar-refractivity contribution >= 4 is 0 Å². The van der Waals surface area contributed by atoms with Crippen LogP contribution in [0.25, 0.3) is 0 Å². The fourth-order valence-corrected chi connectivity index (χ4v) is 2.67. The zero-order chi connectivity index (χ0) is 14.5. The van der Waals surface area contributed by atoms with Crippen molar-refractivity contribution in [1.82, 2.24) is 10.2 Å². The van der Waals surface area contributed by atoms with Crippen molar-refractivity contribution in [3.63, 3.8) is 0 Å². The van der Waals surface area contributed by atoms with E-state index in [-0.39, 0.29) is 0 Å². The van der Waals surface area contributed by atoms with Crippen molar-refractivity contribution in [1.29, 1.82) is 0 Å². The molecule has 0 aliphatic carbocycles. The van der Waals surface area contributed by atoms with Crippen molar-refractivity contribution in [2.45, 2.75) is 19.0 Å². The van der Waals surface area contributed by atoms with E-state index in [4.69, 9.17) is 14.2 Å². The second-order valence-corrected chi connectivity index (χ2v) is 5.03. The molecule has 0 bridgehead atoms. The first kappa shape index (κ1) is 14.9. The van der Waals surface area contributed by atoms with Gasteiger partial charge in [-0.25, -0.2) is 0 Å². The molecule has 112 valence electrons. The van der Waals surface area contributed by atoms with E-state index in [0.29, 0.717) is 11.8 Å². The number of nitrogens with zero attached hydrogens (tertiary/aromatic N) is 1. The summed E-state index contributed by atoms with van der Waals surface area (Å²) in [6.45, 7) is 3.03.